The molecule has 3 heterocycles. The van der Waals surface area contributed by atoms with Crippen LogP contribution in [0.3, 0.4) is 0 Å². The van der Waals surface area contributed by atoms with Crippen molar-refractivity contribution in [3.05, 3.63) is 61.9 Å². The molecule has 0 unspecified atom stereocenters. The van der Waals surface area contributed by atoms with E-state index in [4.69, 9.17) is 4.98 Å². The van der Waals surface area contributed by atoms with Crippen LogP contribution in [0.5, 0.6) is 0 Å². The third-order valence-corrected chi connectivity index (χ3v) is 7.68. The predicted molar refractivity (Wildman–Crippen MR) is 136 cm³/mol. The van der Waals surface area contributed by atoms with Crippen molar-refractivity contribution in [1.29, 1.82) is 0 Å². The molecule has 1 amide bonds. The monoisotopic (exact) mass is 481 g/mol. The third kappa shape index (κ3) is 4.47. The van der Waals surface area contributed by atoms with E-state index in [0.717, 1.165) is 44.2 Å². The first-order chi connectivity index (χ1) is 15.7. The quantitative estimate of drug-likeness (QED) is 0.319. The molecular formula is C24H27N5O2S2. The van der Waals surface area contributed by atoms with Crippen LogP contribution in [-0.4, -0.2) is 31.0 Å². The average Bonchev–Trinajstić information content (AvgIpc) is 3.25. The van der Waals surface area contributed by atoms with Gasteiger partial charge in [0, 0.05) is 18.0 Å². The molecule has 172 valence electrons. The second-order valence-electron chi connectivity index (χ2n) is 8.11. The molecule has 1 aromatic carbocycles. The Balaban J connectivity index is 1.76. The molecule has 1 N–H and O–H groups in total. The zero-order valence-electron chi connectivity index (χ0n) is 19.6. The van der Waals surface area contributed by atoms with E-state index in [1.54, 1.807) is 16.3 Å². The Bertz CT molecular complexity index is 1430. The summed E-state index contributed by atoms with van der Waals surface area (Å²) in [5, 5.41) is 8.32. The largest absolute Gasteiger partial charge is 0.310 e. The lowest BCUT2D eigenvalue weighted by Gasteiger charge is -2.14. The molecule has 3 aromatic heterocycles. The highest BCUT2D eigenvalue weighted by molar-refractivity contribution is 7.99. The SMILES string of the molecule is CCc1c(C)sc2nc(SCC(=O)Nc3cc(C)nn3C)n(-c3ccc(C)c(C)c3)c(=O)c12. The maximum absolute atomic E-state index is 13.7. The van der Waals surface area contributed by atoms with Gasteiger partial charge < -0.3 is 5.32 Å². The molecule has 0 spiro atoms. The summed E-state index contributed by atoms with van der Waals surface area (Å²) in [6, 6.07) is 7.76. The van der Waals surface area contributed by atoms with Crippen LogP contribution in [-0.2, 0) is 18.3 Å². The van der Waals surface area contributed by atoms with E-state index in [1.807, 2.05) is 52.0 Å². The Morgan fingerprint density at radius 1 is 1.15 bits per heavy atom. The predicted octanol–water partition coefficient (Wildman–Crippen LogP) is 4.71. The van der Waals surface area contributed by atoms with Crippen LogP contribution in [0.1, 0.15) is 34.2 Å². The van der Waals surface area contributed by atoms with Gasteiger partial charge in [-0.1, -0.05) is 24.8 Å². The Hall–Kier alpha value is -2.91. The Kier molecular flexibility index (Phi) is 6.45. The van der Waals surface area contributed by atoms with Gasteiger partial charge in [0.1, 0.15) is 10.6 Å². The molecular weight excluding hydrogens is 454 g/mol. The topological polar surface area (TPSA) is 81.8 Å². The smallest absolute Gasteiger partial charge is 0.267 e. The molecule has 4 aromatic rings. The molecule has 0 fully saturated rings. The number of nitrogens with one attached hydrogen (secondary N) is 1. The highest BCUT2D eigenvalue weighted by atomic mass is 32.2. The molecule has 0 aliphatic rings. The maximum atomic E-state index is 13.7. The summed E-state index contributed by atoms with van der Waals surface area (Å²) in [5.41, 5.74) is 4.79. The lowest BCUT2D eigenvalue weighted by Crippen LogP contribution is -2.23. The van der Waals surface area contributed by atoms with Gasteiger partial charge in [-0.3, -0.25) is 18.8 Å². The van der Waals surface area contributed by atoms with E-state index in [1.165, 1.54) is 23.1 Å². The van der Waals surface area contributed by atoms with E-state index in [9.17, 15) is 9.59 Å². The van der Waals surface area contributed by atoms with Gasteiger partial charge >= 0.3 is 0 Å². The van der Waals surface area contributed by atoms with Crippen LogP contribution < -0.4 is 10.9 Å². The van der Waals surface area contributed by atoms with Crippen LogP contribution >= 0.6 is 23.1 Å². The summed E-state index contributed by atoms with van der Waals surface area (Å²) in [6.45, 7) is 10.0. The number of amides is 1. The summed E-state index contributed by atoms with van der Waals surface area (Å²) in [6.07, 6.45) is 0.773. The number of hydrogen-bond donors (Lipinski definition) is 1. The zero-order chi connectivity index (χ0) is 23.9. The number of anilines is 1. The first-order valence-corrected chi connectivity index (χ1v) is 12.6. The number of carbonyl (C=O) groups excluding carboxylic acids is 1. The van der Waals surface area contributed by atoms with Crippen molar-refractivity contribution in [1.82, 2.24) is 19.3 Å². The summed E-state index contributed by atoms with van der Waals surface area (Å²) in [4.78, 5) is 33.1. The van der Waals surface area contributed by atoms with Crippen molar-refractivity contribution < 1.29 is 4.79 Å². The van der Waals surface area contributed by atoms with E-state index in [-0.39, 0.29) is 17.2 Å². The number of nitrogens with zero attached hydrogens (tertiary/aromatic N) is 4. The summed E-state index contributed by atoms with van der Waals surface area (Å²) < 4.78 is 3.28. The van der Waals surface area contributed by atoms with Gasteiger partial charge in [-0.2, -0.15) is 5.10 Å². The fourth-order valence-electron chi connectivity index (χ4n) is 3.85. The molecule has 0 aliphatic heterocycles. The number of aryl methyl sites for hydroxylation is 6. The van der Waals surface area contributed by atoms with E-state index in [0.29, 0.717) is 16.4 Å². The van der Waals surface area contributed by atoms with E-state index < -0.39 is 0 Å². The number of benzene rings is 1. The molecule has 0 aliphatic carbocycles. The second-order valence-corrected chi connectivity index (χ2v) is 10.3. The fourth-order valence-corrected chi connectivity index (χ4v) is 5.82. The number of hydrogen-bond acceptors (Lipinski definition) is 6. The highest BCUT2D eigenvalue weighted by Gasteiger charge is 2.20. The number of thioether (sulfide) groups is 1. The standard InChI is InChI=1S/C24H27N5O2S2/c1-7-18-16(5)33-22-21(18)23(31)29(17-9-8-13(2)14(3)10-17)24(26-22)32-12-20(30)25-19-11-15(4)27-28(19)6/h8-11H,7,12H2,1-6H3,(H,25,30). The van der Waals surface area contributed by atoms with E-state index in [2.05, 4.69) is 17.3 Å². The number of thiophene rings is 1. The van der Waals surface area contributed by atoms with Crippen molar-refractivity contribution in [2.75, 3.05) is 11.1 Å². The third-order valence-electron chi connectivity index (χ3n) is 5.70. The first-order valence-electron chi connectivity index (χ1n) is 10.8. The molecule has 0 radical (unpaired) electrons. The summed E-state index contributed by atoms with van der Waals surface area (Å²) in [7, 11) is 1.78. The van der Waals surface area contributed by atoms with Crippen LogP contribution in [0.4, 0.5) is 5.82 Å². The van der Waals surface area contributed by atoms with E-state index >= 15 is 0 Å². The van der Waals surface area contributed by atoms with Gasteiger partial charge in [0.05, 0.1) is 22.5 Å². The van der Waals surface area contributed by atoms with Crippen molar-refractivity contribution in [3.63, 3.8) is 0 Å². The number of rotatable bonds is 6. The minimum atomic E-state index is -0.180. The lowest BCUT2D eigenvalue weighted by atomic mass is 10.1. The first kappa shape index (κ1) is 23.3. The van der Waals surface area contributed by atoms with Gasteiger partial charge in [0.25, 0.3) is 5.56 Å². The Morgan fingerprint density at radius 2 is 1.91 bits per heavy atom. The molecule has 0 atom stereocenters. The molecule has 4 rings (SSSR count). The maximum Gasteiger partial charge on any atom is 0.267 e. The number of aromatic nitrogens is 4. The molecule has 9 heteroatoms. The lowest BCUT2D eigenvalue weighted by molar-refractivity contribution is -0.113. The Labute approximate surface area is 200 Å². The summed E-state index contributed by atoms with van der Waals surface area (Å²) >= 11 is 2.79. The van der Waals surface area contributed by atoms with Gasteiger partial charge in [0.15, 0.2) is 5.16 Å². The van der Waals surface area contributed by atoms with Crippen molar-refractivity contribution in [2.24, 2.45) is 7.05 Å². The molecule has 0 bridgehead atoms. The Morgan fingerprint density at radius 3 is 2.55 bits per heavy atom. The van der Waals surface area contributed by atoms with Gasteiger partial charge in [-0.05, 0) is 62.9 Å². The minimum Gasteiger partial charge on any atom is -0.310 e. The molecule has 7 nitrogen and oxygen atoms in total. The highest BCUT2D eigenvalue weighted by Crippen LogP contribution is 2.31. The van der Waals surface area contributed by atoms with Crippen LogP contribution in [0.15, 0.2) is 34.2 Å². The molecule has 33 heavy (non-hydrogen) atoms. The van der Waals surface area contributed by atoms with Crippen LogP contribution in [0.2, 0.25) is 0 Å². The van der Waals surface area contributed by atoms with Crippen LogP contribution in [0.25, 0.3) is 15.9 Å². The fraction of sp³-hybridized carbons (Fsp3) is 0.333. The van der Waals surface area contributed by atoms with Gasteiger partial charge in [0.2, 0.25) is 5.91 Å². The average molecular weight is 482 g/mol. The van der Waals surface area contributed by atoms with Gasteiger partial charge in [-0.25, -0.2) is 4.98 Å². The second kappa shape index (κ2) is 9.15. The number of carbonyl (C=O) groups is 1. The van der Waals surface area contributed by atoms with Gasteiger partial charge in [-0.15, -0.1) is 11.3 Å². The van der Waals surface area contributed by atoms with Crippen LogP contribution in [0, 0.1) is 27.7 Å². The van der Waals surface area contributed by atoms with Crippen molar-refractivity contribution in [2.45, 2.75) is 46.2 Å². The zero-order valence-corrected chi connectivity index (χ0v) is 21.3. The molecule has 0 saturated carbocycles. The number of fused-ring (bicyclic) bond motifs is 1. The minimum absolute atomic E-state index is 0.0883. The summed E-state index contributed by atoms with van der Waals surface area (Å²) in [5.74, 6) is 0.577. The molecule has 0 saturated heterocycles. The normalized spacial score (nSPS) is 11.3. The van der Waals surface area contributed by atoms with Crippen molar-refractivity contribution >= 4 is 45.0 Å². The van der Waals surface area contributed by atoms with Crippen molar-refractivity contribution in [3.8, 4) is 5.69 Å².